The number of aliphatic imine (C=N–C) groups is 1. The van der Waals surface area contributed by atoms with E-state index in [4.69, 9.17) is 11.5 Å². The molecule has 0 fully saturated rings. The van der Waals surface area contributed by atoms with Crippen LogP contribution < -0.4 is 11.5 Å². The van der Waals surface area contributed by atoms with Crippen molar-refractivity contribution in [1.29, 1.82) is 0 Å². The van der Waals surface area contributed by atoms with Gasteiger partial charge in [0.05, 0.1) is 5.69 Å². The van der Waals surface area contributed by atoms with Crippen molar-refractivity contribution in [2.24, 2.45) is 16.5 Å². The van der Waals surface area contributed by atoms with Gasteiger partial charge in [-0.05, 0) is 37.0 Å². The van der Waals surface area contributed by atoms with Gasteiger partial charge in [-0.3, -0.25) is 9.98 Å². The molecule has 0 aliphatic heterocycles. The van der Waals surface area contributed by atoms with E-state index in [1.165, 1.54) is 0 Å². The smallest absolute Gasteiger partial charge is 0.0660 e. The zero-order chi connectivity index (χ0) is 11.4. The minimum Gasteiger partial charge on any atom is -0.402 e. The molecule has 1 aromatic heterocycles. The third-order valence-electron chi connectivity index (χ3n) is 2.71. The Morgan fingerprint density at radius 3 is 2.88 bits per heavy atom. The van der Waals surface area contributed by atoms with E-state index in [1.807, 2.05) is 18.3 Å². The van der Waals surface area contributed by atoms with E-state index < -0.39 is 0 Å². The molecule has 84 valence electrons. The predicted molar refractivity (Wildman–Crippen MR) is 65.4 cm³/mol. The summed E-state index contributed by atoms with van der Waals surface area (Å²) in [6, 6.07) is 3.93. The number of hydrogen-bond acceptors (Lipinski definition) is 4. The standard InChI is InChI=1S/C12H16N4/c13-10-1-2-12(14)9(7-10)8-16-11-3-5-15-6-4-11/h3-6,8,10H,1-2,7,13-14H2. The van der Waals surface area contributed by atoms with Gasteiger partial charge in [-0.15, -0.1) is 0 Å². The van der Waals surface area contributed by atoms with Crippen molar-refractivity contribution in [3.63, 3.8) is 0 Å². The summed E-state index contributed by atoms with van der Waals surface area (Å²) < 4.78 is 0. The lowest BCUT2D eigenvalue weighted by Crippen LogP contribution is -2.26. The first-order valence-electron chi connectivity index (χ1n) is 5.43. The maximum atomic E-state index is 5.93. The van der Waals surface area contributed by atoms with Gasteiger partial charge in [0.1, 0.15) is 0 Å². The van der Waals surface area contributed by atoms with Crippen molar-refractivity contribution in [3.8, 4) is 0 Å². The molecule has 1 heterocycles. The lowest BCUT2D eigenvalue weighted by atomic mass is 9.93. The highest BCUT2D eigenvalue weighted by Crippen LogP contribution is 2.20. The van der Waals surface area contributed by atoms with E-state index in [2.05, 4.69) is 9.98 Å². The summed E-state index contributed by atoms with van der Waals surface area (Å²) in [6.45, 7) is 0. The Bertz CT molecular complexity index is 408. The van der Waals surface area contributed by atoms with Gasteiger partial charge in [0.2, 0.25) is 0 Å². The lowest BCUT2D eigenvalue weighted by molar-refractivity contribution is 0.578. The average Bonchev–Trinajstić information content (AvgIpc) is 2.32. The summed E-state index contributed by atoms with van der Waals surface area (Å²) in [5, 5.41) is 0. The number of aromatic nitrogens is 1. The first-order chi connectivity index (χ1) is 7.75. The average molecular weight is 216 g/mol. The van der Waals surface area contributed by atoms with Crippen LogP contribution in [-0.2, 0) is 0 Å². The highest BCUT2D eigenvalue weighted by molar-refractivity contribution is 5.82. The fourth-order valence-corrected chi connectivity index (χ4v) is 1.74. The normalized spacial score (nSPS) is 21.7. The molecular formula is C12H16N4. The Morgan fingerprint density at radius 2 is 2.12 bits per heavy atom. The van der Waals surface area contributed by atoms with Gasteiger partial charge >= 0.3 is 0 Å². The van der Waals surface area contributed by atoms with Crippen molar-refractivity contribution in [2.75, 3.05) is 0 Å². The van der Waals surface area contributed by atoms with E-state index in [0.717, 1.165) is 36.2 Å². The lowest BCUT2D eigenvalue weighted by Gasteiger charge is -2.20. The van der Waals surface area contributed by atoms with E-state index in [-0.39, 0.29) is 6.04 Å². The highest BCUT2D eigenvalue weighted by atomic mass is 14.7. The molecule has 0 radical (unpaired) electrons. The van der Waals surface area contributed by atoms with Crippen LogP contribution in [0.5, 0.6) is 0 Å². The fraction of sp³-hybridized carbons (Fsp3) is 0.333. The van der Waals surface area contributed by atoms with Gasteiger partial charge < -0.3 is 11.5 Å². The number of rotatable bonds is 2. The van der Waals surface area contributed by atoms with Crippen LogP contribution in [0.1, 0.15) is 19.3 Å². The van der Waals surface area contributed by atoms with Crippen LogP contribution in [0.15, 0.2) is 40.8 Å². The number of allylic oxidation sites excluding steroid dienone is 1. The van der Waals surface area contributed by atoms with Gasteiger partial charge in [0.15, 0.2) is 0 Å². The third kappa shape index (κ3) is 2.67. The van der Waals surface area contributed by atoms with E-state index in [9.17, 15) is 0 Å². The molecule has 1 aromatic rings. The Hall–Kier alpha value is -1.68. The van der Waals surface area contributed by atoms with E-state index in [1.54, 1.807) is 12.4 Å². The Balaban J connectivity index is 2.12. The summed E-state index contributed by atoms with van der Waals surface area (Å²) in [7, 11) is 0. The van der Waals surface area contributed by atoms with Crippen LogP contribution in [-0.4, -0.2) is 17.2 Å². The van der Waals surface area contributed by atoms with Crippen molar-refractivity contribution in [2.45, 2.75) is 25.3 Å². The van der Waals surface area contributed by atoms with E-state index in [0.29, 0.717) is 0 Å². The second-order valence-electron chi connectivity index (χ2n) is 4.02. The zero-order valence-electron chi connectivity index (χ0n) is 9.13. The van der Waals surface area contributed by atoms with Crippen molar-refractivity contribution >= 4 is 11.9 Å². The van der Waals surface area contributed by atoms with Gasteiger partial charge in [-0.2, -0.15) is 0 Å². The molecule has 0 aromatic carbocycles. The molecule has 1 aliphatic carbocycles. The Kier molecular flexibility index (Phi) is 3.31. The molecule has 2 rings (SSSR count). The molecule has 0 spiro atoms. The summed E-state index contributed by atoms with van der Waals surface area (Å²) in [6.07, 6.45) is 7.93. The molecule has 1 aliphatic rings. The molecular weight excluding hydrogens is 200 g/mol. The van der Waals surface area contributed by atoms with Crippen LogP contribution in [0.4, 0.5) is 5.69 Å². The first kappa shape index (κ1) is 10.8. The minimum absolute atomic E-state index is 0.214. The molecule has 16 heavy (non-hydrogen) atoms. The molecule has 1 unspecified atom stereocenters. The number of pyridine rings is 1. The first-order valence-corrected chi connectivity index (χ1v) is 5.43. The van der Waals surface area contributed by atoms with Gasteiger partial charge in [-0.1, -0.05) is 0 Å². The van der Waals surface area contributed by atoms with Crippen molar-refractivity contribution < 1.29 is 0 Å². The Labute approximate surface area is 95.1 Å². The molecule has 0 bridgehead atoms. The topological polar surface area (TPSA) is 77.3 Å². The molecule has 4 heteroatoms. The van der Waals surface area contributed by atoms with Crippen LogP contribution in [0.2, 0.25) is 0 Å². The SMILES string of the molecule is NC1=C(C=Nc2ccncc2)CC(N)CC1. The maximum Gasteiger partial charge on any atom is 0.0660 e. The predicted octanol–water partition coefficient (Wildman–Crippen LogP) is 1.51. The summed E-state index contributed by atoms with van der Waals surface area (Å²) >= 11 is 0. The molecule has 4 nitrogen and oxygen atoms in total. The van der Waals surface area contributed by atoms with Crippen molar-refractivity contribution in [3.05, 3.63) is 35.8 Å². The van der Waals surface area contributed by atoms with Crippen molar-refractivity contribution in [1.82, 2.24) is 4.98 Å². The highest BCUT2D eigenvalue weighted by Gasteiger charge is 2.14. The molecule has 0 saturated carbocycles. The van der Waals surface area contributed by atoms with Crippen LogP contribution in [0.25, 0.3) is 0 Å². The quantitative estimate of drug-likeness (QED) is 0.735. The zero-order valence-corrected chi connectivity index (χ0v) is 9.13. The minimum atomic E-state index is 0.214. The number of nitrogens with two attached hydrogens (primary N) is 2. The van der Waals surface area contributed by atoms with Gasteiger partial charge in [-0.25, -0.2) is 0 Å². The van der Waals surface area contributed by atoms with Crippen LogP contribution >= 0.6 is 0 Å². The third-order valence-corrected chi connectivity index (χ3v) is 2.71. The van der Waals surface area contributed by atoms with Crippen LogP contribution in [0.3, 0.4) is 0 Å². The van der Waals surface area contributed by atoms with Gasteiger partial charge in [0, 0.05) is 30.3 Å². The Morgan fingerprint density at radius 1 is 1.38 bits per heavy atom. The molecule has 1 atom stereocenters. The second kappa shape index (κ2) is 4.90. The number of hydrogen-bond donors (Lipinski definition) is 2. The largest absolute Gasteiger partial charge is 0.402 e. The fourth-order valence-electron chi connectivity index (χ4n) is 1.74. The summed E-state index contributed by atoms with van der Waals surface area (Å²) in [5.74, 6) is 0. The van der Waals surface area contributed by atoms with E-state index >= 15 is 0 Å². The molecule has 4 N–H and O–H groups in total. The second-order valence-corrected chi connectivity index (χ2v) is 4.02. The van der Waals surface area contributed by atoms with Gasteiger partial charge in [0.25, 0.3) is 0 Å². The molecule has 0 amide bonds. The maximum absolute atomic E-state index is 5.93. The summed E-state index contributed by atoms with van der Waals surface area (Å²) in [5.41, 5.74) is 14.7. The van der Waals surface area contributed by atoms with Crippen LogP contribution in [0, 0.1) is 0 Å². The number of nitrogens with zero attached hydrogens (tertiary/aromatic N) is 2. The molecule has 0 saturated heterocycles. The monoisotopic (exact) mass is 216 g/mol. The summed E-state index contributed by atoms with van der Waals surface area (Å²) in [4.78, 5) is 8.29.